The fourth-order valence-electron chi connectivity index (χ4n) is 4.85. The van der Waals surface area contributed by atoms with Gasteiger partial charge in [-0.15, -0.1) is 0 Å². The van der Waals surface area contributed by atoms with Crippen molar-refractivity contribution >= 4 is 40.7 Å². The first-order valence-electron chi connectivity index (χ1n) is 12.4. The Balaban J connectivity index is 1.64. The van der Waals surface area contributed by atoms with Gasteiger partial charge < -0.3 is 22.1 Å². The number of hydrogen-bond acceptors (Lipinski definition) is 6. The van der Waals surface area contributed by atoms with Gasteiger partial charge in [0.05, 0.1) is 16.3 Å². The maximum atomic E-state index is 12.7. The van der Waals surface area contributed by atoms with Crippen molar-refractivity contribution in [3.05, 3.63) is 75.1 Å². The second-order valence-electron chi connectivity index (χ2n) is 10.4. The number of halogens is 1. The molecule has 0 spiro atoms. The van der Waals surface area contributed by atoms with Gasteiger partial charge in [-0.2, -0.15) is 0 Å². The van der Waals surface area contributed by atoms with Crippen LogP contribution in [0.3, 0.4) is 0 Å². The molecule has 0 fully saturated rings. The van der Waals surface area contributed by atoms with Gasteiger partial charge in [0.1, 0.15) is 11.6 Å². The van der Waals surface area contributed by atoms with Crippen molar-refractivity contribution in [3.8, 4) is 0 Å². The number of nitrogens with zero attached hydrogens (tertiary/aromatic N) is 2. The maximum Gasteiger partial charge on any atom is 0.252 e. The lowest BCUT2D eigenvalue weighted by molar-refractivity contribution is 0.0991. The Morgan fingerprint density at radius 1 is 1.11 bits per heavy atom. The lowest BCUT2D eigenvalue weighted by Crippen LogP contribution is -2.29. The second kappa shape index (κ2) is 10.8. The summed E-state index contributed by atoms with van der Waals surface area (Å²) in [5.74, 6) is 0.183. The van der Waals surface area contributed by atoms with Crippen LogP contribution in [0.15, 0.2) is 36.7 Å². The van der Waals surface area contributed by atoms with Gasteiger partial charge >= 0.3 is 0 Å². The highest BCUT2D eigenvalue weighted by Gasteiger charge is 2.32. The van der Waals surface area contributed by atoms with Gasteiger partial charge in [0, 0.05) is 24.5 Å². The summed E-state index contributed by atoms with van der Waals surface area (Å²) >= 11 is 6.45. The Bertz CT molecular complexity index is 1330. The summed E-state index contributed by atoms with van der Waals surface area (Å²) in [6, 6.07) is 7.29. The molecule has 37 heavy (non-hydrogen) atoms. The van der Waals surface area contributed by atoms with Gasteiger partial charge in [0.15, 0.2) is 0 Å². The summed E-state index contributed by atoms with van der Waals surface area (Å²) in [7, 11) is 0. The molecule has 2 heterocycles. The van der Waals surface area contributed by atoms with Crippen LogP contribution in [0.4, 0.5) is 17.3 Å². The molecule has 6 N–H and O–H groups in total. The predicted molar refractivity (Wildman–Crippen MR) is 148 cm³/mol. The van der Waals surface area contributed by atoms with E-state index in [-0.39, 0.29) is 5.41 Å². The number of carbonyl (C=O) groups excluding carboxylic acids is 2. The molecule has 8 nitrogen and oxygen atoms in total. The molecule has 2 amide bonds. The first-order valence-corrected chi connectivity index (χ1v) is 12.8. The minimum Gasteiger partial charge on any atom is -0.369 e. The van der Waals surface area contributed by atoms with Crippen LogP contribution >= 0.6 is 11.6 Å². The third-order valence-corrected chi connectivity index (χ3v) is 7.13. The van der Waals surface area contributed by atoms with Crippen molar-refractivity contribution in [1.82, 2.24) is 9.97 Å². The topological polar surface area (TPSA) is 136 Å². The SMILES string of the molecule is Cc1cncc(Cl)c1Nc1nc(NCCCc2cccc(C(N)=O)c2)c(C(N)=O)c2c1CCC(C)(C)C2. The minimum atomic E-state index is -0.497. The van der Waals surface area contributed by atoms with Crippen LogP contribution in [-0.2, 0) is 19.3 Å². The van der Waals surface area contributed by atoms with E-state index in [1.807, 2.05) is 19.1 Å². The zero-order valence-electron chi connectivity index (χ0n) is 21.5. The number of aryl methyl sites for hydroxylation is 2. The van der Waals surface area contributed by atoms with Crippen molar-refractivity contribution in [2.75, 3.05) is 17.2 Å². The Hall–Kier alpha value is -3.65. The Morgan fingerprint density at radius 2 is 1.89 bits per heavy atom. The van der Waals surface area contributed by atoms with E-state index in [1.165, 1.54) is 0 Å². The molecule has 194 valence electrons. The predicted octanol–water partition coefficient (Wildman–Crippen LogP) is 4.94. The molecule has 0 unspecified atom stereocenters. The molecule has 4 rings (SSSR count). The van der Waals surface area contributed by atoms with Crippen molar-refractivity contribution in [1.29, 1.82) is 0 Å². The number of carbonyl (C=O) groups is 2. The van der Waals surface area contributed by atoms with E-state index < -0.39 is 11.8 Å². The number of fused-ring (bicyclic) bond motifs is 1. The van der Waals surface area contributed by atoms with Gasteiger partial charge in [0.2, 0.25) is 5.91 Å². The van der Waals surface area contributed by atoms with Crippen LogP contribution in [0.25, 0.3) is 0 Å². The smallest absolute Gasteiger partial charge is 0.252 e. The Labute approximate surface area is 222 Å². The van der Waals surface area contributed by atoms with Crippen LogP contribution in [-0.4, -0.2) is 28.3 Å². The average Bonchev–Trinajstić information content (AvgIpc) is 2.83. The van der Waals surface area contributed by atoms with Crippen molar-refractivity contribution in [3.63, 3.8) is 0 Å². The molecule has 3 aromatic rings. The lowest BCUT2D eigenvalue weighted by atomic mass is 9.73. The van der Waals surface area contributed by atoms with E-state index in [9.17, 15) is 9.59 Å². The van der Waals surface area contributed by atoms with E-state index in [0.29, 0.717) is 34.3 Å². The molecule has 2 aromatic heterocycles. The number of aromatic nitrogens is 2. The number of rotatable bonds is 9. The number of nitrogens with two attached hydrogens (primary N) is 2. The summed E-state index contributed by atoms with van der Waals surface area (Å²) in [6.07, 6.45) is 7.28. The maximum absolute atomic E-state index is 12.7. The van der Waals surface area contributed by atoms with Gasteiger partial charge in [-0.25, -0.2) is 4.98 Å². The highest BCUT2D eigenvalue weighted by Crippen LogP contribution is 2.42. The molecular weight excluding hydrogens is 488 g/mol. The molecule has 0 radical (unpaired) electrons. The average molecular weight is 521 g/mol. The minimum absolute atomic E-state index is 0.0305. The standard InChI is InChI=1S/C28H33ClN6O2/c1-16-14-32-15-21(29)23(16)34-26-19-9-10-28(2,3)13-20(19)22(25(31)37)27(35-26)33-11-5-7-17-6-4-8-18(12-17)24(30)36/h4,6,8,12,14-15H,5,7,9-11,13H2,1-3H3,(H2,30,36)(H2,31,37)(H2,32,33,34,35). The molecule has 0 atom stereocenters. The van der Waals surface area contributed by atoms with Crippen LogP contribution < -0.4 is 22.1 Å². The van der Waals surface area contributed by atoms with Crippen LogP contribution in [0.2, 0.25) is 5.02 Å². The molecular formula is C28H33ClN6O2. The summed E-state index contributed by atoms with van der Waals surface area (Å²) in [5.41, 5.74) is 16.8. The van der Waals surface area contributed by atoms with Crippen molar-refractivity contribution in [2.24, 2.45) is 16.9 Å². The number of anilines is 3. The number of primary amides is 2. The van der Waals surface area contributed by atoms with E-state index in [1.54, 1.807) is 24.5 Å². The third-order valence-electron chi connectivity index (χ3n) is 6.84. The molecule has 0 saturated heterocycles. The second-order valence-corrected chi connectivity index (χ2v) is 10.8. The first kappa shape index (κ1) is 26.4. The summed E-state index contributed by atoms with van der Waals surface area (Å²) in [4.78, 5) is 33.2. The van der Waals surface area contributed by atoms with E-state index >= 15 is 0 Å². The molecule has 0 aliphatic heterocycles. The largest absolute Gasteiger partial charge is 0.369 e. The zero-order chi connectivity index (χ0) is 26.7. The molecule has 9 heteroatoms. The van der Waals surface area contributed by atoms with Gasteiger partial charge in [-0.3, -0.25) is 14.6 Å². The quantitative estimate of drug-likeness (QED) is 0.295. The van der Waals surface area contributed by atoms with E-state index in [0.717, 1.165) is 60.0 Å². The fraction of sp³-hybridized carbons (Fsp3) is 0.357. The number of benzene rings is 1. The fourth-order valence-corrected chi connectivity index (χ4v) is 5.10. The zero-order valence-corrected chi connectivity index (χ0v) is 22.2. The monoisotopic (exact) mass is 520 g/mol. The molecule has 1 aliphatic carbocycles. The van der Waals surface area contributed by atoms with Crippen molar-refractivity contribution in [2.45, 2.75) is 52.9 Å². The van der Waals surface area contributed by atoms with E-state index in [4.69, 9.17) is 28.1 Å². The van der Waals surface area contributed by atoms with Crippen LogP contribution in [0.5, 0.6) is 0 Å². The molecule has 1 aliphatic rings. The van der Waals surface area contributed by atoms with E-state index in [2.05, 4.69) is 29.5 Å². The number of pyridine rings is 2. The highest BCUT2D eigenvalue weighted by atomic mass is 35.5. The van der Waals surface area contributed by atoms with Crippen LogP contribution in [0.1, 0.15) is 69.7 Å². The molecule has 1 aromatic carbocycles. The highest BCUT2D eigenvalue weighted by molar-refractivity contribution is 6.33. The first-order chi connectivity index (χ1) is 17.6. The number of nitrogens with one attached hydrogen (secondary N) is 2. The molecule has 0 saturated carbocycles. The van der Waals surface area contributed by atoms with Crippen molar-refractivity contribution < 1.29 is 9.59 Å². The number of amides is 2. The van der Waals surface area contributed by atoms with Gasteiger partial charge in [-0.05, 0) is 78.8 Å². The Kier molecular flexibility index (Phi) is 7.68. The lowest BCUT2D eigenvalue weighted by Gasteiger charge is -2.34. The van der Waals surface area contributed by atoms with Gasteiger partial charge in [0.25, 0.3) is 5.91 Å². The normalized spacial score (nSPS) is 14.1. The third kappa shape index (κ3) is 6.02. The molecule has 0 bridgehead atoms. The summed E-state index contributed by atoms with van der Waals surface area (Å²) < 4.78 is 0. The van der Waals surface area contributed by atoms with Gasteiger partial charge in [-0.1, -0.05) is 37.6 Å². The summed E-state index contributed by atoms with van der Waals surface area (Å²) in [6.45, 7) is 6.89. The van der Waals surface area contributed by atoms with Crippen LogP contribution in [0, 0.1) is 12.3 Å². The Morgan fingerprint density at radius 3 is 2.59 bits per heavy atom. The number of hydrogen-bond donors (Lipinski definition) is 4. The summed E-state index contributed by atoms with van der Waals surface area (Å²) in [5, 5.41) is 7.26.